The van der Waals surface area contributed by atoms with Crippen molar-refractivity contribution in [1.29, 1.82) is 0 Å². The van der Waals surface area contributed by atoms with E-state index in [-0.39, 0.29) is 0 Å². The second kappa shape index (κ2) is 10.8. The molecule has 6 heteroatoms. The molecule has 0 heterocycles. The van der Waals surface area contributed by atoms with E-state index in [4.69, 9.17) is 20.9 Å². The average molecular weight is 384 g/mol. The van der Waals surface area contributed by atoms with E-state index < -0.39 is 35.9 Å². The Kier molecular flexibility index (Phi) is 8.47. The minimum absolute atomic E-state index is 0.347. The van der Waals surface area contributed by atoms with Gasteiger partial charge in [-0.15, -0.1) is 0 Å². The molecular weight excluding hydrogens is 356 g/mol. The van der Waals surface area contributed by atoms with Gasteiger partial charge < -0.3 is 20.9 Å². The van der Waals surface area contributed by atoms with E-state index in [0.717, 1.165) is 11.1 Å². The van der Waals surface area contributed by atoms with Crippen molar-refractivity contribution in [3.63, 3.8) is 0 Å². The predicted molar refractivity (Wildman–Crippen MR) is 108 cm³/mol. The standard InChI is InChI=1S/C22H28N2O4/c1-27-21(19(25)17(23)13-15-9-5-3-6-10-15)22(28-2)20(26)18(24)14-16-11-7-4-8-12-16/h3-12,17-18,21-22H,13-14,23-24H2,1-2H3. The SMILES string of the molecule is COC(C(=O)C(N)Cc1ccccc1)C(OC)C(=O)C(N)Cc1ccccc1. The Balaban J connectivity index is 2.07. The fourth-order valence-electron chi connectivity index (χ4n) is 3.14. The molecule has 0 aliphatic heterocycles. The first kappa shape index (κ1) is 21.9. The lowest BCUT2D eigenvalue weighted by atomic mass is 9.92. The molecule has 0 saturated carbocycles. The molecule has 0 radical (unpaired) electrons. The molecule has 28 heavy (non-hydrogen) atoms. The maximum absolute atomic E-state index is 12.8. The summed E-state index contributed by atoms with van der Waals surface area (Å²) in [5.74, 6) is -0.781. The summed E-state index contributed by atoms with van der Waals surface area (Å²) in [6.45, 7) is 0. The van der Waals surface area contributed by atoms with Crippen LogP contribution >= 0.6 is 0 Å². The second-order valence-electron chi connectivity index (χ2n) is 6.71. The third-order valence-corrected chi connectivity index (χ3v) is 4.67. The highest BCUT2D eigenvalue weighted by Gasteiger charge is 2.38. The van der Waals surface area contributed by atoms with E-state index in [1.165, 1.54) is 14.2 Å². The van der Waals surface area contributed by atoms with Crippen molar-refractivity contribution >= 4 is 11.6 Å². The third-order valence-electron chi connectivity index (χ3n) is 4.67. The zero-order valence-corrected chi connectivity index (χ0v) is 16.3. The van der Waals surface area contributed by atoms with Gasteiger partial charge in [0.05, 0.1) is 12.1 Å². The van der Waals surface area contributed by atoms with Crippen LogP contribution in [-0.4, -0.2) is 50.1 Å². The molecular formula is C22H28N2O4. The van der Waals surface area contributed by atoms with Gasteiger partial charge in [-0.25, -0.2) is 0 Å². The van der Waals surface area contributed by atoms with Crippen LogP contribution in [0.2, 0.25) is 0 Å². The molecule has 2 aromatic carbocycles. The molecule has 0 bridgehead atoms. The van der Waals surface area contributed by atoms with Gasteiger partial charge in [-0.2, -0.15) is 0 Å². The number of carbonyl (C=O) groups excluding carboxylic acids is 2. The maximum atomic E-state index is 12.8. The van der Waals surface area contributed by atoms with Gasteiger partial charge in [-0.3, -0.25) is 9.59 Å². The van der Waals surface area contributed by atoms with Crippen LogP contribution in [0.15, 0.2) is 60.7 Å². The minimum Gasteiger partial charge on any atom is -0.370 e. The normalized spacial score (nSPS) is 15.4. The van der Waals surface area contributed by atoms with E-state index in [1.54, 1.807) is 0 Å². The van der Waals surface area contributed by atoms with Crippen molar-refractivity contribution in [1.82, 2.24) is 0 Å². The largest absolute Gasteiger partial charge is 0.370 e. The lowest BCUT2D eigenvalue weighted by molar-refractivity contribution is -0.150. The molecule has 0 aliphatic rings. The zero-order valence-electron chi connectivity index (χ0n) is 16.3. The van der Waals surface area contributed by atoms with Gasteiger partial charge in [0.2, 0.25) is 0 Å². The van der Waals surface area contributed by atoms with Gasteiger partial charge in [0.15, 0.2) is 23.8 Å². The van der Waals surface area contributed by atoms with Crippen molar-refractivity contribution in [3.05, 3.63) is 71.8 Å². The van der Waals surface area contributed by atoms with Crippen molar-refractivity contribution in [2.75, 3.05) is 14.2 Å². The number of rotatable bonds is 11. The zero-order chi connectivity index (χ0) is 20.5. The Morgan fingerprint density at radius 1 is 0.714 bits per heavy atom. The molecule has 0 spiro atoms. The summed E-state index contributed by atoms with van der Waals surface area (Å²) in [4.78, 5) is 25.7. The minimum atomic E-state index is -1.11. The molecule has 2 aromatic rings. The number of hydrogen-bond acceptors (Lipinski definition) is 6. The van der Waals surface area contributed by atoms with E-state index in [0.29, 0.717) is 12.8 Å². The molecule has 0 aromatic heterocycles. The van der Waals surface area contributed by atoms with Crippen LogP contribution in [0.5, 0.6) is 0 Å². The quantitative estimate of drug-likeness (QED) is 0.605. The lowest BCUT2D eigenvalue weighted by Crippen LogP contribution is -2.53. The summed E-state index contributed by atoms with van der Waals surface area (Å²) in [5, 5.41) is 0. The number of hydrogen-bond donors (Lipinski definition) is 2. The highest BCUT2D eigenvalue weighted by Crippen LogP contribution is 2.13. The van der Waals surface area contributed by atoms with Gasteiger partial charge in [-0.1, -0.05) is 60.7 Å². The molecule has 4 unspecified atom stereocenters. The van der Waals surface area contributed by atoms with Gasteiger partial charge >= 0.3 is 0 Å². The summed E-state index contributed by atoms with van der Waals surface area (Å²) in [6.07, 6.45) is -1.53. The van der Waals surface area contributed by atoms with Crippen LogP contribution in [0, 0.1) is 0 Å². The molecule has 4 N–H and O–H groups in total. The molecule has 0 aliphatic carbocycles. The van der Waals surface area contributed by atoms with Crippen LogP contribution in [0.4, 0.5) is 0 Å². The van der Waals surface area contributed by atoms with Crippen LogP contribution in [0.1, 0.15) is 11.1 Å². The number of ketones is 2. The predicted octanol–water partition coefficient (Wildman–Crippen LogP) is 1.29. The van der Waals surface area contributed by atoms with Crippen molar-refractivity contribution < 1.29 is 19.1 Å². The average Bonchev–Trinajstić information content (AvgIpc) is 2.72. The van der Waals surface area contributed by atoms with Crippen LogP contribution in [-0.2, 0) is 31.9 Å². The third kappa shape index (κ3) is 5.81. The first-order valence-electron chi connectivity index (χ1n) is 9.20. The Labute approximate surface area is 165 Å². The lowest BCUT2D eigenvalue weighted by Gasteiger charge is -2.27. The summed E-state index contributed by atoms with van der Waals surface area (Å²) < 4.78 is 10.6. The molecule has 4 atom stereocenters. The highest BCUT2D eigenvalue weighted by molar-refractivity contribution is 5.97. The van der Waals surface area contributed by atoms with Crippen LogP contribution in [0.3, 0.4) is 0 Å². The number of ether oxygens (including phenoxy) is 2. The Hall–Kier alpha value is -2.38. The Morgan fingerprint density at radius 3 is 1.32 bits per heavy atom. The van der Waals surface area contributed by atoms with E-state index in [1.807, 2.05) is 60.7 Å². The second-order valence-corrected chi connectivity index (χ2v) is 6.71. The topological polar surface area (TPSA) is 105 Å². The monoisotopic (exact) mass is 384 g/mol. The molecule has 2 rings (SSSR count). The number of Topliss-reactive ketones (excluding diaryl/α,β-unsaturated/α-hetero) is 2. The van der Waals surface area contributed by atoms with E-state index in [9.17, 15) is 9.59 Å². The summed E-state index contributed by atoms with van der Waals surface area (Å²) in [6, 6.07) is 17.2. The van der Waals surface area contributed by atoms with Gasteiger partial charge in [0.25, 0.3) is 0 Å². The van der Waals surface area contributed by atoms with Crippen LogP contribution < -0.4 is 11.5 Å². The highest BCUT2D eigenvalue weighted by atomic mass is 16.5. The van der Waals surface area contributed by atoms with Crippen molar-refractivity contribution in [2.45, 2.75) is 37.1 Å². The molecule has 0 saturated heterocycles. The maximum Gasteiger partial charge on any atom is 0.181 e. The summed E-state index contributed by atoms with van der Waals surface area (Å²) in [7, 11) is 2.72. The van der Waals surface area contributed by atoms with Gasteiger partial charge in [0, 0.05) is 14.2 Å². The summed E-state index contributed by atoms with van der Waals surface area (Å²) in [5.41, 5.74) is 14.0. The van der Waals surface area contributed by atoms with Gasteiger partial charge in [0.1, 0.15) is 0 Å². The first-order chi connectivity index (χ1) is 13.5. The molecule has 6 nitrogen and oxygen atoms in total. The van der Waals surface area contributed by atoms with Gasteiger partial charge in [-0.05, 0) is 24.0 Å². The summed E-state index contributed by atoms with van der Waals surface area (Å²) >= 11 is 0. The first-order valence-corrected chi connectivity index (χ1v) is 9.20. The Morgan fingerprint density at radius 2 is 1.04 bits per heavy atom. The number of carbonyl (C=O) groups is 2. The fourth-order valence-corrected chi connectivity index (χ4v) is 3.14. The van der Waals surface area contributed by atoms with Crippen LogP contribution in [0.25, 0.3) is 0 Å². The van der Waals surface area contributed by atoms with E-state index in [2.05, 4.69) is 0 Å². The van der Waals surface area contributed by atoms with Crippen molar-refractivity contribution in [3.8, 4) is 0 Å². The number of nitrogens with two attached hydrogens (primary N) is 2. The van der Waals surface area contributed by atoms with Crippen molar-refractivity contribution in [2.24, 2.45) is 11.5 Å². The number of benzene rings is 2. The fraction of sp³-hybridized carbons (Fsp3) is 0.364. The number of methoxy groups -OCH3 is 2. The molecule has 150 valence electrons. The smallest absolute Gasteiger partial charge is 0.181 e. The molecule has 0 fully saturated rings. The Bertz CT molecular complexity index is 686. The van der Waals surface area contributed by atoms with E-state index >= 15 is 0 Å². The molecule has 0 amide bonds.